The number of aliphatic carboxylic acids is 1. The highest BCUT2D eigenvalue weighted by Gasteiger charge is 2.41. The van der Waals surface area contributed by atoms with Gasteiger partial charge in [0.2, 0.25) is 0 Å². The molecule has 4 heteroatoms. The second-order valence-electron chi connectivity index (χ2n) is 5.02. The van der Waals surface area contributed by atoms with E-state index in [-0.39, 0.29) is 10.9 Å². The van der Waals surface area contributed by atoms with E-state index in [1.165, 1.54) is 19.3 Å². The minimum Gasteiger partial charge on any atom is -0.480 e. The maximum absolute atomic E-state index is 11.0. The molecular weight excluding hydrogens is 222 g/mol. The number of hydrogen-bond acceptors (Lipinski definition) is 3. The molecule has 0 bridgehead atoms. The summed E-state index contributed by atoms with van der Waals surface area (Å²) in [6.45, 7) is 2.25. The predicted molar refractivity (Wildman–Crippen MR) is 66.6 cm³/mol. The van der Waals surface area contributed by atoms with Gasteiger partial charge in [0, 0.05) is 0 Å². The zero-order chi connectivity index (χ0) is 11.6. The smallest absolute Gasteiger partial charge is 0.320 e. The van der Waals surface area contributed by atoms with Gasteiger partial charge in [0.05, 0.1) is 4.87 Å². The standard InChI is InChI=1S/C12H21NO2S/c1-2-9-3-6-12(7-4-9)13-10(11(14)15)5-8-16-12/h9-10,13H,2-8H2,1H3,(H,14,15). The maximum atomic E-state index is 11.0. The first-order valence-corrected chi connectivity index (χ1v) is 7.28. The van der Waals surface area contributed by atoms with Gasteiger partial charge in [-0.3, -0.25) is 10.1 Å². The molecule has 0 aromatic carbocycles. The minimum absolute atomic E-state index is 0.0764. The lowest BCUT2D eigenvalue weighted by atomic mass is 9.83. The first-order chi connectivity index (χ1) is 7.65. The molecule has 16 heavy (non-hydrogen) atoms. The molecule has 1 aliphatic heterocycles. The van der Waals surface area contributed by atoms with Gasteiger partial charge in [0.1, 0.15) is 6.04 Å². The van der Waals surface area contributed by atoms with Gasteiger partial charge < -0.3 is 5.11 Å². The second-order valence-corrected chi connectivity index (χ2v) is 6.50. The SMILES string of the molecule is CCC1CCC2(CC1)NC(C(=O)O)CCS2. The molecule has 0 radical (unpaired) electrons. The Bertz CT molecular complexity index is 262. The fourth-order valence-electron chi connectivity index (χ4n) is 2.83. The van der Waals surface area contributed by atoms with Crippen LogP contribution >= 0.6 is 11.8 Å². The Balaban J connectivity index is 1.95. The summed E-state index contributed by atoms with van der Waals surface area (Å²) < 4.78 is 0. The summed E-state index contributed by atoms with van der Waals surface area (Å²) in [5.74, 6) is 1.16. The maximum Gasteiger partial charge on any atom is 0.320 e. The summed E-state index contributed by atoms with van der Waals surface area (Å²) in [7, 11) is 0. The lowest BCUT2D eigenvalue weighted by Gasteiger charge is -2.45. The third kappa shape index (κ3) is 2.54. The molecule has 3 nitrogen and oxygen atoms in total. The molecule has 1 spiro atoms. The van der Waals surface area contributed by atoms with E-state index in [0.29, 0.717) is 0 Å². The molecule has 1 saturated heterocycles. The molecule has 0 amide bonds. The predicted octanol–water partition coefficient (Wildman–Crippen LogP) is 2.46. The third-order valence-electron chi connectivity index (χ3n) is 4.01. The van der Waals surface area contributed by atoms with Crippen molar-refractivity contribution in [3.05, 3.63) is 0 Å². The normalized spacial score (nSPS) is 39.8. The van der Waals surface area contributed by atoms with Crippen LogP contribution in [0.25, 0.3) is 0 Å². The average molecular weight is 243 g/mol. The van der Waals surface area contributed by atoms with Crippen LogP contribution in [0.3, 0.4) is 0 Å². The quantitative estimate of drug-likeness (QED) is 0.782. The number of thioether (sulfide) groups is 1. The first-order valence-electron chi connectivity index (χ1n) is 6.30. The van der Waals surface area contributed by atoms with E-state index in [1.807, 2.05) is 11.8 Å². The van der Waals surface area contributed by atoms with Crippen LogP contribution in [0.15, 0.2) is 0 Å². The fraction of sp³-hybridized carbons (Fsp3) is 0.917. The van der Waals surface area contributed by atoms with E-state index in [2.05, 4.69) is 12.2 Å². The number of hydrogen-bond donors (Lipinski definition) is 2. The van der Waals surface area contributed by atoms with Gasteiger partial charge in [-0.1, -0.05) is 13.3 Å². The number of carboxylic acid groups (broad SMARTS) is 1. The number of carbonyl (C=O) groups is 1. The molecule has 2 fully saturated rings. The van der Waals surface area contributed by atoms with Gasteiger partial charge in [-0.05, 0) is 43.8 Å². The van der Waals surface area contributed by atoms with Crippen LogP contribution in [0.5, 0.6) is 0 Å². The van der Waals surface area contributed by atoms with Crippen molar-refractivity contribution < 1.29 is 9.90 Å². The van der Waals surface area contributed by atoms with Gasteiger partial charge in [0.15, 0.2) is 0 Å². The summed E-state index contributed by atoms with van der Waals surface area (Å²) in [6, 6.07) is -0.320. The van der Waals surface area contributed by atoms with Crippen molar-refractivity contribution in [3.63, 3.8) is 0 Å². The van der Waals surface area contributed by atoms with E-state index >= 15 is 0 Å². The third-order valence-corrected chi connectivity index (χ3v) is 5.53. The van der Waals surface area contributed by atoms with Crippen molar-refractivity contribution in [3.8, 4) is 0 Å². The molecule has 1 heterocycles. The molecule has 1 atom stereocenters. The van der Waals surface area contributed by atoms with Crippen molar-refractivity contribution in [2.45, 2.75) is 56.4 Å². The highest BCUT2D eigenvalue weighted by molar-refractivity contribution is 8.00. The molecule has 2 rings (SSSR count). The molecule has 92 valence electrons. The van der Waals surface area contributed by atoms with E-state index in [0.717, 1.165) is 30.9 Å². The minimum atomic E-state index is -0.683. The Hall–Kier alpha value is -0.220. The number of carboxylic acids is 1. The van der Waals surface area contributed by atoms with Crippen LogP contribution in [-0.2, 0) is 4.79 Å². The molecule has 1 aliphatic carbocycles. The first kappa shape index (κ1) is 12.2. The topological polar surface area (TPSA) is 49.3 Å². The van der Waals surface area contributed by atoms with Crippen molar-refractivity contribution >= 4 is 17.7 Å². The molecule has 1 unspecified atom stereocenters. The fourth-order valence-corrected chi connectivity index (χ4v) is 4.32. The van der Waals surface area contributed by atoms with Crippen LogP contribution in [0, 0.1) is 5.92 Å². The number of rotatable bonds is 2. The van der Waals surface area contributed by atoms with Gasteiger partial charge >= 0.3 is 5.97 Å². The lowest BCUT2D eigenvalue weighted by molar-refractivity contribution is -0.140. The van der Waals surface area contributed by atoms with Crippen LogP contribution in [0.4, 0.5) is 0 Å². The molecule has 1 saturated carbocycles. The van der Waals surface area contributed by atoms with E-state index in [9.17, 15) is 4.79 Å². The van der Waals surface area contributed by atoms with Crippen LogP contribution in [0.1, 0.15) is 45.4 Å². The summed E-state index contributed by atoms with van der Waals surface area (Å²) in [4.78, 5) is 11.1. The molecule has 0 aromatic rings. The number of nitrogens with one attached hydrogen (secondary N) is 1. The molecular formula is C12H21NO2S. The highest BCUT2D eigenvalue weighted by Crippen LogP contribution is 2.43. The van der Waals surface area contributed by atoms with Crippen molar-refractivity contribution in [2.75, 3.05) is 5.75 Å². The largest absolute Gasteiger partial charge is 0.480 e. The van der Waals surface area contributed by atoms with Crippen LogP contribution in [0.2, 0.25) is 0 Å². The van der Waals surface area contributed by atoms with E-state index in [4.69, 9.17) is 5.11 Å². The van der Waals surface area contributed by atoms with Crippen molar-refractivity contribution in [2.24, 2.45) is 5.92 Å². The molecule has 2 N–H and O–H groups in total. The van der Waals surface area contributed by atoms with Crippen molar-refractivity contribution in [1.82, 2.24) is 5.32 Å². The zero-order valence-corrected chi connectivity index (χ0v) is 10.7. The van der Waals surface area contributed by atoms with E-state index < -0.39 is 5.97 Å². The monoisotopic (exact) mass is 243 g/mol. The van der Waals surface area contributed by atoms with Crippen LogP contribution < -0.4 is 5.32 Å². The van der Waals surface area contributed by atoms with Gasteiger partial charge in [-0.15, -0.1) is 11.8 Å². The molecule has 2 aliphatic rings. The summed E-state index contributed by atoms with van der Waals surface area (Å²) in [6.07, 6.45) is 6.81. The summed E-state index contributed by atoms with van der Waals surface area (Å²) in [5.41, 5.74) is 0. The second kappa shape index (κ2) is 4.96. The Morgan fingerprint density at radius 1 is 1.44 bits per heavy atom. The van der Waals surface area contributed by atoms with Crippen molar-refractivity contribution in [1.29, 1.82) is 0 Å². The van der Waals surface area contributed by atoms with Gasteiger partial charge in [-0.2, -0.15) is 0 Å². The summed E-state index contributed by atoms with van der Waals surface area (Å²) >= 11 is 1.95. The Kier molecular flexibility index (Phi) is 3.80. The highest BCUT2D eigenvalue weighted by atomic mass is 32.2. The van der Waals surface area contributed by atoms with Gasteiger partial charge in [0.25, 0.3) is 0 Å². The Morgan fingerprint density at radius 2 is 2.12 bits per heavy atom. The van der Waals surface area contributed by atoms with Crippen LogP contribution in [-0.4, -0.2) is 27.7 Å². The van der Waals surface area contributed by atoms with Gasteiger partial charge in [-0.25, -0.2) is 0 Å². The van der Waals surface area contributed by atoms with E-state index in [1.54, 1.807) is 0 Å². The summed E-state index contributed by atoms with van der Waals surface area (Å²) in [5, 5.41) is 12.5. The zero-order valence-electron chi connectivity index (χ0n) is 9.87. The Labute approximate surface area is 101 Å². The Morgan fingerprint density at radius 3 is 2.69 bits per heavy atom. The molecule has 0 aromatic heterocycles. The lowest BCUT2D eigenvalue weighted by Crippen LogP contribution is -2.55. The average Bonchev–Trinajstić information content (AvgIpc) is 2.30.